The summed E-state index contributed by atoms with van der Waals surface area (Å²) in [6, 6.07) is 0. The van der Waals surface area contributed by atoms with Crippen LogP contribution in [0.3, 0.4) is 0 Å². The third-order valence-corrected chi connectivity index (χ3v) is 3.49. The standard InChI is InChI=1S/C15H16F3N3/c1-8-6-13(15(16,17)18)11(4)20-14(8)21-12(5)10(3)9(2)7-19-21/h6-7,20H,4-5H2,1-3H3. The molecule has 0 spiro atoms. The molecule has 1 N–H and O–H groups in total. The molecule has 2 aliphatic heterocycles. The molecule has 2 rings (SSSR count). The van der Waals surface area contributed by atoms with Crippen LogP contribution < -0.4 is 5.32 Å². The van der Waals surface area contributed by atoms with Crippen molar-refractivity contribution in [1.29, 1.82) is 0 Å². The van der Waals surface area contributed by atoms with Crippen molar-refractivity contribution in [3.8, 4) is 0 Å². The number of alkyl halides is 3. The quantitative estimate of drug-likeness (QED) is 0.792. The van der Waals surface area contributed by atoms with Gasteiger partial charge in [0.25, 0.3) is 0 Å². The molecule has 21 heavy (non-hydrogen) atoms. The number of nitrogens with one attached hydrogen (secondary N) is 1. The van der Waals surface area contributed by atoms with Gasteiger partial charge in [-0.3, -0.25) is 0 Å². The zero-order valence-electron chi connectivity index (χ0n) is 12.1. The summed E-state index contributed by atoms with van der Waals surface area (Å²) in [5.74, 6) is 0.432. The molecule has 0 radical (unpaired) electrons. The van der Waals surface area contributed by atoms with E-state index in [1.807, 2.05) is 13.8 Å². The summed E-state index contributed by atoms with van der Waals surface area (Å²) < 4.78 is 38.6. The van der Waals surface area contributed by atoms with Crippen molar-refractivity contribution in [2.24, 2.45) is 5.10 Å². The highest BCUT2D eigenvalue weighted by Gasteiger charge is 2.38. The zero-order valence-corrected chi connectivity index (χ0v) is 12.1. The molecule has 0 saturated heterocycles. The molecule has 3 nitrogen and oxygen atoms in total. The van der Waals surface area contributed by atoms with Crippen LogP contribution in [0, 0.1) is 0 Å². The van der Waals surface area contributed by atoms with Gasteiger partial charge in [-0.1, -0.05) is 13.2 Å². The largest absolute Gasteiger partial charge is 0.418 e. The number of hydrogen-bond donors (Lipinski definition) is 1. The number of allylic oxidation sites excluding steroid dienone is 5. The van der Waals surface area contributed by atoms with Gasteiger partial charge in [-0.25, -0.2) is 5.01 Å². The van der Waals surface area contributed by atoms with Crippen molar-refractivity contribution < 1.29 is 13.2 Å². The molecule has 0 unspecified atom stereocenters. The normalized spacial score (nSPS) is 20.1. The summed E-state index contributed by atoms with van der Waals surface area (Å²) in [6.07, 6.45) is -1.72. The summed E-state index contributed by atoms with van der Waals surface area (Å²) in [6.45, 7) is 12.8. The molecule has 0 atom stereocenters. The van der Waals surface area contributed by atoms with Crippen LogP contribution in [0.5, 0.6) is 0 Å². The average Bonchev–Trinajstić information content (AvgIpc) is 2.38. The third-order valence-electron chi connectivity index (χ3n) is 3.49. The molecule has 0 aromatic heterocycles. The highest BCUT2D eigenvalue weighted by Crippen LogP contribution is 2.36. The fourth-order valence-electron chi connectivity index (χ4n) is 2.04. The van der Waals surface area contributed by atoms with Crippen molar-refractivity contribution in [2.75, 3.05) is 0 Å². The molecule has 0 aromatic rings. The lowest BCUT2D eigenvalue weighted by Crippen LogP contribution is -2.34. The Morgan fingerprint density at radius 3 is 2.33 bits per heavy atom. The summed E-state index contributed by atoms with van der Waals surface area (Å²) in [4.78, 5) is 0. The molecule has 2 heterocycles. The van der Waals surface area contributed by atoms with Gasteiger partial charge in [0.1, 0.15) is 5.82 Å². The third kappa shape index (κ3) is 2.66. The van der Waals surface area contributed by atoms with E-state index in [4.69, 9.17) is 0 Å². The highest BCUT2D eigenvalue weighted by atomic mass is 19.4. The minimum absolute atomic E-state index is 0.199. The Hall–Kier alpha value is -2.24. The van der Waals surface area contributed by atoms with Crippen molar-refractivity contribution in [1.82, 2.24) is 10.3 Å². The monoisotopic (exact) mass is 295 g/mol. The first kappa shape index (κ1) is 15.2. The van der Waals surface area contributed by atoms with E-state index in [1.54, 1.807) is 13.1 Å². The van der Waals surface area contributed by atoms with Gasteiger partial charge in [-0.2, -0.15) is 18.3 Å². The predicted octanol–water partition coefficient (Wildman–Crippen LogP) is 3.98. The van der Waals surface area contributed by atoms with Crippen LogP contribution in [-0.2, 0) is 0 Å². The van der Waals surface area contributed by atoms with Crippen molar-refractivity contribution >= 4 is 6.21 Å². The van der Waals surface area contributed by atoms with Crippen LogP contribution in [0.15, 0.2) is 63.8 Å². The van der Waals surface area contributed by atoms with Gasteiger partial charge in [0, 0.05) is 5.70 Å². The van der Waals surface area contributed by atoms with Crippen molar-refractivity contribution in [2.45, 2.75) is 26.9 Å². The number of halogens is 3. The Morgan fingerprint density at radius 1 is 1.14 bits per heavy atom. The van der Waals surface area contributed by atoms with Gasteiger partial charge in [0.05, 0.1) is 17.5 Å². The first-order valence-corrected chi connectivity index (χ1v) is 6.30. The lowest BCUT2D eigenvalue weighted by atomic mass is 10.0. The van der Waals surface area contributed by atoms with Crippen LogP contribution in [0.1, 0.15) is 20.8 Å². The molecule has 0 fully saturated rings. The average molecular weight is 295 g/mol. The minimum atomic E-state index is -4.44. The Labute approximate surface area is 121 Å². The Bertz CT molecular complexity index is 646. The molecule has 0 amide bonds. The fraction of sp³-hybridized carbons (Fsp3) is 0.267. The maximum atomic E-state index is 12.9. The highest BCUT2D eigenvalue weighted by molar-refractivity contribution is 5.81. The molecule has 0 saturated carbocycles. The molecule has 0 aromatic carbocycles. The summed E-state index contributed by atoms with van der Waals surface area (Å²) in [5, 5.41) is 8.39. The number of nitrogens with zero attached hydrogens (tertiary/aromatic N) is 2. The summed E-state index contributed by atoms with van der Waals surface area (Å²) in [7, 11) is 0. The number of rotatable bonds is 1. The molecule has 0 aliphatic carbocycles. The van der Waals surface area contributed by atoms with E-state index in [9.17, 15) is 13.2 Å². The molecule has 2 aliphatic rings. The van der Waals surface area contributed by atoms with E-state index >= 15 is 0 Å². The number of hydrazone groups is 1. The molecule has 112 valence electrons. The van der Waals surface area contributed by atoms with Crippen LogP contribution >= 0.6 is 0 Å². The van der Waals surface area contributed by atoms with E-state index < -0.39 is 11.7 Å². The van der Waals surface area contributed by atoms with Gasteiger partial charge in [-0.15, -0.1) is 0 Å². The zero-order chi connectivity index (χ0) is 15.9. The second-order valence-corrected chi connectivity index (χ2v) is 5.00. The fourth-order valence-corrected chi connectivity index (χ4v) is 2.04. The van der Waals surface area contributed by atoms with Crippen molar-refractivity contribution in [3.63, 3.8) is 0 Å². The SMILES string of the molecule is C=C1NC(N2N=CC(C)=C(C)C2=C)=C(C)C=C1C(F)(F)F. The van der Waals surface area contributed by atoms with Gasteiger partial charge in [-0.05, 0) is 43.6 Å². The number of hydrogen-bond acceptors (Lipinski definition) is 3. The summed E-state index contributed by atoms with van der Waals surface area (Å²) >= 11 is 0. The Balaban J connectivity index is 2.43. The molecule has 6 heteroatoms. The minimum Gasteiger partial charge on any atom is -0.340 e. The lowest BCUT2D eigenvalue weighted by Gasteiger charge is -2.33. The van der Waals surface area contributed by atoms with Gasteiger partial charge < -0.3 is 5.32 Å². The smallest absolute Gasteiger partial charge is 0.340 e. The van der Waals surface area contributed by atoms with Crippen LogP contribution in [0.2, 0.25) is 0 Å². The van der Waals surface area contributed by atoms with E-state index in [-0.39, 0.29) is 5.70 Å². The molecular formula is C15H16F3N3. The summed E-state index contributed by atoms with van der Waals surface area (Å²) in [5.41, 5.74) is 1.96. The number of dihydropyridines is 1. The van der Waals surface area contributed by atoms with E-state index in [2.05, 4.69) is 23.6 Å². The van der Waals surface area contributed by atoms with E-state index in [0.29, 0.717) is 17.1 Å². The Kier molecular flexibility index (Phi) is 3.57. The van der Waals surface area contributed by atoms with E-state index in [0.717, 1.165) is 17.2 Å². The molecular weight excluding hydrogens is 279 g/mol. The maximum absolute atomic E-state index is 12.9. The Morgan fingerprint density at radius 2 is 1.76 bits per heavy atom. The van der Waals surface area contributed by atoms with Crippen LogP contribution in [-0.4, -0.2) is 17.4 Å². The first-order chi connectivity index (χ1) is 9.62. The van der Waals surface area contributed by atoms with Gasteiger partial charge in [0.15, 0.2) is 0 Å². The topological polar surface area (TPSA) is 27.6 Å². The maximum Gasteiger partial charge on any atom is 0.418 e. The van der Waals surface area contributed by atoms with Gasteiger partial charge in [0.2, 0.25) is 0 Å². The predicted molar refractivity (Wildman–Crippen MR) is 77.0 cm³/mol. The first-order valence-electron chi connectivity index (χ1n) is 6.30. The molecule has 0 bridgehead atoms. The second kappa shape index (κ2) is 4.95. The van der Waals surface area contributed by atoms with Crippen molar-refractivity contribution in [3.05, 3.63) is 58.7 Å². The van der Waals surface area contributed by atoms with Gasteiger partial charge >= 0.3 is 6.18 Å². The second-order valence-electron chi connectivity index (χ2n) is 5.00. The lowest BCUT2D eigenvalue weighted by molar-refractivity contribution is -0.0900. The van der Waals surface area contributed by atoms with E-state index in [1.165, 1.54) is 5.01 Å². The van der Waals surface area contributed by atoms with Crippen LogP contribution in [0.25, 0.3) is 0 Å². The van der Waals surface area contributed by atoms with Crippen LogP contribution in [0.4, 0.5) is 13.2 Å².